The summed E-state index contributed by atoms with van der Waals surface area (Å²) in [6, 6.07) is 12.9. The van der Waals surface area contributed by atoms with Gasteiger partial charge in [0.25, 0.3) is 0 Å². The van der Waals surface area contributed by atoms with Crippen LogP contribution in [0.4, 0.5) is 0 Å². The van der Waals surface area contributed by atoms with E-state index in [0.29, 0.717) is 0 Å². The van der Waals surface area contributed by atoms with Crippen LogP contribution in [0.15, 0.2) is 48.8 Å². The highest BCUT2D eigenvalue weighted by atomic mass is 14.8. The van der Waals surface area contributed by atoms with Gasteiger partial charge in [0, 0.05) is 18.0 Å². The number of hydrogen-bond acceptors (Lipinski definition) is 2. The molecule has 2 aromatic carbocycles. The summed E-state index contributed by atoms with van der Waals surface area (Å²) in [5.74, 6) is 0.801. The Hall–Kier alpha value is -2.22. The fourth-order valence-electron chi connectivity index (χ4n) is 2.09. The van der Waals surface area contributed by atoms with Gasteiger partial charge in [-0.3, -0.25) is 0 Å². The second-order valence-electron chi connectivity index (χ2n) is 4.58. The lowest BCUT2D eigenvalue weighted by molar-refractivity contribution is 1.06. The SMILES string of the molecule is Cc1ccc2cc(-c3cnc(C)nc3)ccc2c1. The molecule has 0 radical (unpaired) electrons. The van der Waals surface area contributed by atoms with Gasteiger partial charge in [-0.2, -0.15) is 0 Å². The second kappa shape index (κ2) is 4.22. The molecule has 0 bridgehead atoms. The van der Waals surface area contributed by atoms with Crippen molar-refractivity contribution < 1.29 is 0 Å². The first-order valence-electron chi connectivity index (χ1n) is 6.02. The summed E-state index contributed by atoms with van der Waals surface area (Å²) in [6.45, 7) is 4.01. The van der Waals surface area contributed by atoms with Crippen molar-refractivity contribution in [2.45, 2.75) is 13.8 Å². The lowest BCUT2D eigenvalue weighted by Crippen LogP contribution is -1.87. The Morgan fingerprint density at radius 1 is 0.722 bits per heavy atom. The molecule has 0 N–H and O–H groups in total. The number of hydrogen-bond donors (Lipinski definition) is 0. The van der Waals surface area contributed by atoms with Crippen LogP contribution in [0.2, 0.25) is 0 Å². The topological polar surface area (TPSA) is 25.8 Å². The zero-order valence-corrected chi connectivity index (χ0v) is 10.5. The van der Waals surface area contributed by atoms with Crippen LogP contribution in [-0.4, -0.2) is 9.97 Å². The van der Waals surface area contributed by atoms with Crippen LogP contribution in [0.3, 0.4) is 0 Å². The lowest BCUT2D eigenvalue weighted by atomic mass is 10.0. The van der Waals surface area contributed by atoms with E-state index in [4.69, 9.17) is 0 Å². The number of fused-ring (bicyclic) bond motifs is 1. The average Bonchev–Trinajstić information content (AvgIpc) is 2.39. The standard InChI is InChI=1S/C16H14N2/c1-11-3-4-14-8-15(6-5-13(14)7-11)16-9-17-12(2)18-10-16/h3-10H,1-2H3. The van der Waals surface area contributed by atoms with Gasteiger partial charge in [-0.25, -0.2) is 9.97 Å². The number of nitrogens with zero attached hydrogens (tertiary/aromatic N) is 2. The summed E-state index contributed by atoms with van der Waals surface area (Å²) in [5, 5.41) is 2.52. The molecule has 3 rings (SSSR count). The zero-order valence-electron chi connectivity index (χ0n) is 10.5. The summed E-state index contributed by atoms with van der Waals surface area (Å²) < 4.78 is 0. The minimum atomic E-state index is 0.801. The minimum Gasteiger partial charge on any atom is -0.241 e. The van der Waals surface area contributed by atoms with Gasteiger partial charge >= 0.3 is 0 Å². The zero-order chi connectivity index (χ0) is 12.5. The molecule has 0 aliphatic rings. The molecule has 0 fully saturated rings. The Balaban J connectivity index is 2.13. The maximum atomic E-state index is 4.24. The smallest absolute Gasteiger partial charge is 0.125 e. The Morgan fingerprint density at radius 3 is 2.17 bits per heavy atom. The Labute approximate surface area is 106 Å². The number of rotatable bonds is 1. The Kier molecular flexibility index (Phi) is 2.56. The average molecular weight is 234 g/mol. The fraction of sp³-hybridized carbons (Fsp3) is 0.125. The van der Waals surface area contributed by atoms with Crippen LogP contribution in [0.5, 0.6) is 0 Å². The van der Waals surface area contributed by atoms with Gasteiger partial charge in [0.2, 0.25) is 0 Å². The summed E-state index contributed by atoms with van der Waals surface area (Å²) in [7, 11) is 0. The Bertz CT molecular complexity index is 700. The predicted molar refractivity (Wildman–Crippen MR) is 74.4 cm³/mol. The third-order valence-electron chi connectivity index (χ3n) is 3.11. The molecule has 0 saturated heterocycles. The highest BCUT2D eigenvalue weighted by molar-refractivity contribution is 5.87. The number of aromatic nitrogens is 2. The summed E-state index contributed by atoms with van der Waals surface area (Å²) in [4.78, 5) is 8.48. The van der Waals surface area contributed by atoms with Crippen molar-refractivity contribution in [2.24, 2.45) is 0 Å². The molecule has 2 heteroatoms. The van der Waals surface area contributed by atoms with Crippen molar-refractivity contribution in [1.29, 1.82) is 0 Å². The van der Waals surface area contributed by atoms with Gasteiger partial charge in [-0.05, 0) is 36.2 Å². The van der Waals surface area contributed by atoms with Crippen molar-refractivity contribution in [1.82, 2.24) is 9.97 Å². The lowest BCUT2D eigenvalue weighted by Gasteiger charge is -2.04. The van der Waals surface area contributed by atoms with E-state index < -0.39 is 0 Å². The van der Waals surface area contributed by atoms with Crippen molar-refractivity contribution in [3.8, 4) is 11.1 Å². The quantitative estimate of drug-likeness (QED) is 0.638. The van der Waals surface area contributed by atoms with E-state index >= 15 is 0 Å². The van der Waals surface area contributed by atoms with E-state index in [1.807, 2.05) is 19.3 Å². The first kappa shape index (κ1) is 10.9. The van der Waals surface area contributed by atoms with Crippen molar-refractivity contribution in [2.75, 3.05) is 0 Å². The van der Waals surface area contributed by atoms with E-state index in [1.54, 1.807) is 0 Å². The van der Waals surface area contributed by atoms with Crippen molar-refractivity contribution >= 4 is 10.8 Å². The molecule has 88 valence electrons. The maximum Gasteiger partial charge on any atom is 0.125 e. The molecule has 0 spiro atoms. The monoisotopic (exact) mass is 234 g/mol. The molecule has 0 unspecified atom stereocenters. The molecule has 0 amide bonds. The third kappa shape index (κ3) is 1.97. The van der Waals surface area contributed by atoms with Gasteiger partial charge in [0.15, 0.2) is 0 Å². The maximum absolute atomic E-state index is 4.24. The number of benzene rings is 2. The van der Waals surface area contributed by atoms with E-state index in [1.165, 1.54) is 16.3 Å². The summed E-state index contributed by atoms with van der Waals surface area (Å²) >= 11 is 0. The summed E-state index contributed by atoms with van der Waals surface area (Å²) in [5.41, 5.74) is 3.50. The first-order chi connectivity index (χ1) is 8.72. The van der Waals surface area contributed by atoms with Crippen LogP contribution in [-0.2, 0) is 0 Å². The molecule has 1 heterocycles. The molecular weight excluding hydrogens is 220 g/mol. The molecule has 18 heavy (non-hydrogen) atoms. The molecule has 0 atom stereocenters. The molecule has 2 nitrogen and oxygen atoms in total. The van der Waals surface area contributed by atoms with Crippen LogP contribution in [0, 0.1) is 13.8 Å². The number of aryl methyl sites for hydroxylation is 2. The van der Waals surface area contributed by atoms with Crippen LogP contribution in [0.1, 0.15) is 11.4 Å². The molecule has 1 aromatic heterocycles. The third-order valence-corrected chi connectivity index (χ3v) is 3.11. The van der Waals surface area contributed by atoms with Crippen LogP contribution in [0.25, 0.3) is 21.9 Å². The van der Waals surface area contributed by atoms with E-state index in [-0.39, 0.29) is 0 Å². The molecule has 3 aromatic rings. The normalized spacial score (nSPS) is 10.8. The minimum absolute atomic E-state index is 0.801. The summed E-state index contributed by atoms with van der Waals surface area (Å²) in [6.07, 6.45) is 3.75. The van der Waals surface area contributed by atoms with Gasteiger partial charge < -0.3 is 0 Å². The van der Waals surface area contributed by atoms with Gasteiger partial charge in [-0.15, -0.1) is 0 Å². The van der Waals surface area contributed by atoms with Gasteiger partial charge in [0.1, 0.15) is 5.82 Å². The molecule has 0 aliphatic carbocycles. The van der Waals surface area contributed by atoms with E-state index in [2.05, 4.69) is 53.3 Å². The van der Waals surface area contributed by atoms with E-state index in [9.17, 15) is 0 Å². The fourth-order valence-corrected chi connectivity index (χ4v) is 2.09. The molecule has 0 saturated carbocycles. The molecular formula is C16H14N2. The van der Waals surface area contributed by atoms with E-state index in [0.717, 1.165) is 17.0 Å². The van der Waals surface area contributed by atoms with Crippen LogP contribution < -0.4 is 0 Å². The Morgan fingerprint density at radius 2 is 1.39 bits per heavy atom. The first-order valence-corrected chi connectivity index (χ1v) is 6.02. The largest absolute Gasteiger partial charge is 0.241 e. The predicted octanol–water partition coefficient (Wildman–Crippen LogP) is 3.91. The second-order valence-corrected chi connectivity index (χ2v) is 4.58. The highest BCUT2D eigenvalue weighted by Crippen LogP contribution is 2.24. The van der Waals surface area contributed by atoms with Crippen molar-refractivity contribution in [3.63, 3.8) is 0 Å². The van der Waals surface area contributed by atoms with Crippen molar-refractivity contribution in [3.05, 3.63) is 60.2 Å². The molecule has 0 aliphatic heterocycles. The van der Waals surface area contributed by atoms with Crippen LogP contribution >= 0.6 is 0 Å². The van der Waals surface area contributed by atoms with Gasteiger partial charge in [-0.1, -0.05) is 35.9 Å². The van der Waals surface area contributed by atoms with Gasteiger partial charge in [0.05, 0.1) is 0 Å². The highest BCUT2D eigenvalue weighted by Gasteiger charge is 2.01.